The van der Waals surface area contributed by atoms with Crippen molar-refractivity contribution in [1.82, 2.24) is 0 Å². The highest BCUT2D eigenvalue weighted by Crippen LogP contribution is 2.42. The minimum absolute atomic E-state index is 0.185. The summed E-state index contributed by atoms with van der Waals surface area (Å²) in [4.78, 5) is 0. The molecule has 1 aliphatic rings. The second kappa shape index (κ2) is 4.00. The first-order valence-electron chi connectivity index (χ1n) is 5.95. The molecule has 0 N–H and O–H groups in total. The van der Waals surface area contributed by atoms with Crippen molar-refractivity contribution in [2.45, 2.75) is 53.2 Å². The molecule has 0 fully saturated rings. The highest BCUT2D eigenvalue weighted by Gasteiger charge is 2.26. The first-order chi connectivity index (χ1) is 7.49. The van der Waals surface area contributed by atoms with E-state index in [-0.39, 0.29) is 12.2 Å². The van der Waals surface area contributed by atoms with Gasteiger partial charge in [0.25, 0.3) is 0 Å². The third-order valence-corrected chi connectivity index (χ3v) is 2.91. The van der Waals surface area contributed by atoms with Crippen LogP contribution in [0.1, 0.15) is 37.5 Å². The van der Waals surface area contributed by atoms with Crippen LogP contribution in [0.15, 0.2) is 6.07 Å². The predicted octanol–water partition coefficient (Wildman–Crippen LogP) is 3.41. The molecule has 16 heavy (non-hydrogen) atoms. The van der Waals surface area contributed by atoms with Crippen LogP contribution in [0.5, 0.6) is 11.5 Å². The van der Waals surface area contributed by atoms with Crippen molar-refractivity contribution in [3.05, 3.63) is 22.8 Å². The number of hydrogen-bond donors (Lipinski definition) is 0. The number of fused-ring (bicyclic) bond motifs is 1. The molecular formula is C14H20O2. The third kappa shape index (κ3) is 1.89. The molecule has 0 bridgehead atoms. The van der Waals surface area contributed by atoms with Gasteiger partial charge in [-0.3, -0.25) is 0 Å². The summed E-state index contributed by atoms with van der Waals surface area (Å²) in [5, 5.41) is 0. The largest absolute Gasteiger partial charge is 0.487 e. The van der Waals surface area contributed by atoms with Crippen molar-refractivity contribution in [3.8, 4) is 11.5 Å². The lowest BCUT2D eigenvalue weighted by molar-refractivity contribution is 0.206. The maximum Gasteiger partial charge on any atom is 0.165 e. The molecule has 2 rings (SSSR count). The summed E-state index contributed by atoms with van der Waals surface area (Å²) < 4.78 is 11.7. The summed E-state index contributed by atoms with van der Waals surface area (Å²) in [6.07, 6.45) is 1.45. The van der Waals surface area contributed by atoms with Crippen LogP contribution in [0.3, 0.4) is 0 Å². The zero-order chi connectivity index (χ0) is 11.9. The summed E-state index contributed by atoms with van der Waals surface area (Å²) in [6.45, 7) is 10.4. The molecule has 0 aromatic heterocycles. The normalized spacial score (nSPS) is 18.5. The lowest BCUT2D eigenvalue weighted by atomic mass is 10.0. The SMILES string of the molecule is Cc1cc(C)c(OC(C)C)c2c1CC(C)O2. The highest BCUT2D eigenvalue weighted by molar-refractivity contribution is 5.57. The van der Waals surface area contributed by atoms with Crippen LogP contribution in [-0.2, 0) is 6.42 Å². The van der Waals surface area contributed by atoms with E-state index in [9.17, 15) is 0 Å². The zero-order valence-corrected chi connectivity index (χ0v) is 10.8. The maximum absolute atomic E-state index is 5.88. The predicted molar refractivity (Wildman–Crippen MR) is 65.5 cm³/mol. The summed E-state index contributed by atoms with van der Waals surface area (Å²) in [5.41, 5.74) is 3.79. The minimum atomic E-state index is 0.185. The fourth-order valence-electron chi connectivity index (χ4n) is 2.26. The first kappa shape index (κ1) is 11.3. The molecular weight excluding hydrogens is 200 g/mol. The summed E-state index contributed by atoms with van der Waals surface area (Å²) in [7, 11) is 0. The fraction of sp³-hybridized carbons (Fsp3) is 0.571. The van der Waals surface area contributed by atoms with Crippen LogP contribution >= 0.6 is 0 Å². The quantitative estimate of drug-likeness (QED) is 0.760. The highest BCUT2D eigenvalue weighted by atomic mass is 16.5. The van der Waals surface area contributed by atoms with E-state index in [1.807, 2.05) is 13.8 Å². The van der Waals surface area contributed by atoms with E-state index in [1.165, 1.54) is 16.7 Å². The summed E-state index contributed by atoms with van der Waals surface area (Å²) >= 11 is 0. The number of hydrogen-bond acceptors (Lipinski definition) is 2. The maximum atomic E-state index is 5.88. The van der Waals surface area contributed by atoms with Crippen LogP contribution in [-0.4, -0.2) is 12.2 Å². The Balaban J connectivity index is 2.49. The van der Waals surface area contributed by atoms with Crippen LogP contribution < -0.4 is 9.47 Å². The van der Waals surface area contributed by atoms with Crippen molar-refractivity contribution in [2.75, 3.05) is 0 Å². The van der Waals surface area contributed by atoms with E-state index in [1.54, 1.807) is 0 Å². The standard InChI is InChI=1S/C14H20O2/c1-8(2)15-13-10(4)6-9(3)12-7-11(5)16-14(12)13/h6,8,11H,7H2,1-5H3. The van der Waals surface area contributed by atoms with E-state index < -0.39 is 0 Å². The van der Waals surface area contributed by atoms with E-state index in [0.717, 1.165) is 17.9 Å². The number of aryl methyl sites for hydroxylation is 2. The molecule has 2 nitrogen and oxygen atoms in total. The van der Waals surface area contributed by atoms with Crippen molar-refractivity contribution in [3.63, 3.8) is 0 Å². The molecule has 0 saturated carbocycles. The molecule has 0 spiro atoms. The van der Waals surface area contributed by atoms with Gasteiger partial charge in [0.1, 0.15) is 6.10 Å². The van der Waals surface area contributed by atoms with Crippen molar-refractivity contribution >= 4 is 0 Å². The average Bonchev–Trinajstić information content (AvgIpc) is 2.54. The van der Waals surface area contributed by atoms with Gasteiger partial charge >= 0.3 is 0 Å². The fourth-order valence-corrected chi connectivity index (χ4v) is 2.26. The topological polar surface area (TPSA) is 18.5 Å². The summed E-state index contributed by atoms with van der Waals surface area (Å²) in [6, 6.07) is 2.19. The molecule has 0 saturated heterocycles. The molecule has 1 aliphatic heterocycles. The minimum Gasteiger partial charge on any atom is -0.487 e. The van der Waals surface area contributed by atoms with Crippen molar-refractivity contribution < 1.29 is 9.47 Å². The Morgan fingerprint density at radius 3 is 2.62 bits per heavy atom. The molecule has 1 unspecified atom stereocenters. The second-order valence-corrected chi connectivity index (χ2v) is 4.95. The molecule has 0 aliphatic carbocycles. The molecule has 1 aromatic rings. The van der Waals surface area contributed by atoms with Gasteiger partial charge in [-0.2, -0.15) is 0 Å². The van der Waals surface area contributed by atoms with Crippen LogP contribution in [0.2, 0.25) is 0 Å². The van der Waals surface area contributed by atoms with Crippen molar-refractivity contribution in [1.29, 1.82) is 0 Å². The third-order valence-electron chi connectivity index (χ3n) is 2.91. The Kier molecular flexibility index (Phi) is 2.83. The molecule has 1 heterocycles. The molecule has 0 amide bonds. The Bertz CT molecular complexity index is 408. The van der Waals surface area contributed by atoms with Crippen LogP contribution in [0, 0.1) is 13.8 Å². The van der Waals surface area contributed by atoms with Gasteiger partial charge in [-0.15, -0.1) is 0 Å². The molecule has 1 aromatic carbocycles. The molecule has 0 radical (unpaired) electrons. The number of ether oxygens (including phenoxy) is 2. The zero-order valence-electron chi connectivity index (χ0n) is 10.8. The van der Waals surface area contributed by atoms with E-state index >= 15 is 0 Å². The number of benzene rings is 1. The Morgan fingerprint density at radius 2 is 2.00 bits per heavy atom. The summed E-state index contributed by atoms with van der Waals surface area (Å²) in [5.74, 6) is 1.90. The van der Waals surface area contributed by atoms with Gasteiger partial charge < -0.3 is 9.47 Å². The lowest BCUT2D eigenvalue weighted by Crippen LogP contribution is -2.09. The monoisotopic (exact) mass is 220 g/mol. The molecule has 2 heteroatoms. The Morgan fingerprint density at radius 1 is 1.31 bits per heavy atom. The number of rotatable bonds is 2. The van der Waals surface area contributed by atoms with Crippen LogP contribution in [0.25, 0.3) is 0 Å². The smallest absolute Gasteiger partial charge is 0.165 e. The van der Waals surface area contributed by atoms with Gasteiger partial charge in [-0.05, 0) is 45.7 Å². The van der Waals surface area contributed by atoms with Crippen molar-refractivity contribution in [2.24, 2.45) is 0 Å². The van der Waals surface area contributed by atoms with E-state index in [0.29, 0.717) is 0 Å². The van der Waals surface area contributed by atoms with Gasteiger partial charge in [0.15, 0.2) is 11.5 Å². The first-order valence-corrected chi connectivity index (χ1v) is 5.95. The van der Waals surface area contributed by atoms with E-state index in [2.05, 4.69) is 26.8 Å². The average molecular weight is 220 g/mol. The van der Waals surface area contributed by atoms with Gasteiger partial charge in [-0.1, -0.05) is 6.07 Å². The van der Waals surface area contributed by atoms with Gasteiger partial charge in [0.05, 0.1) is 6.10 Å². The lowest BCUT2D eigenvalue weighted by Gasteiger charge is -2.17. The van der Waals surface area contributed by atoms with Gasteiger partial charge in [-0.25, -0.2) is 0 Å². The van der Waals surface area contributed by atoms with Gasteiger partial charge in [0, 0.05) is 12.0 Å². The van der Waals surface area contributed by atoms with E-state index in [4.69, 9.17) is 9.47 Å². The Hall–Kier alpha value is -1.18. The van der Waals surface area contributed by atoms with Gasteiger partial charge in [0.2, 0.25) is 0 Å². The Labute approximate surface area is 97.6 Å². The molecule has 1 atom stereocenters. The molecule has 88 valence electrons. The second-order valence-electron chi connectivity index (χ2n) is 4.95. The van der Waals surface area contributed by atoms with Crippen LogP contribution in [0.4, 0.5) is 0 Å².